The van der Waals surface area contributed by atoms with Crippen molar-refractivity contribution in [3.63, 3.8) is 0 Å². The molecule has 0 saturated heterocycles. The zero-order chi connectivity index (χ0) is 4.50. The summed E-state index contributed by atoms with van der Waals surface area (Å²) in [4.78, 5) is 0. The SMILES string of the molecule is O=S(=O)([O-])[O-].[Ag+].[Ba+2].[Sr+2]. The van der Waals surface area contributed by atoms with Gasteiger partial charge in [-0.25, -0.2) is 0 Å². The molecule has 0 aliphatic carbocycles. The normalized spacial score (nSPS) is 7.25. The summed E-state index contributed by atoms with van der Waals surface area (Å²) in [6, 6.07) is 0. The van der Waals surface area contributed by atoms with Crippen molar-refractivity contribution < 1.29 is 39.9 Å². The second kappa shape index (κ2) is 10.7. The maximum atomic E-state index is 8.52. The average Bonchev–Trinajstić information content (AvgIpc) is 0.722. The minimum atomic E-state index is -5.17. The van der Waals surface area contributed by atoms with Crippen molar-refractivity contribution in [2.75, 3.05) is 0 Å². The van der Waals surface area contributed by atoms with Crippen LogP contribution in [0.5, 0.6) is 0 Å². The molecule has 8 heteroatoms. The third-order valence-corrected chi connectivity index (χ3v) is 0. The maximum Gasteiger partial charge on any atom is 2.00 e. The largest absolute Gasteiger partial charge is 2.00 e. The molecule has 0 saturated carbocycles. The summed E-state index contributed by atoms with van der Waals surface area (Å²) in [5.41, 5.74) is 0. The minimum absolute atomic E-state index is 0. The van der Waals surface area contributed by atoms with E-state index < -0.39 is 10.4 Å². The fourth-order valence-corrected chi connectivity index (χ4v) is 0. The topological polar surface area (TPSA) is 80.3 Å². The van der Waals surface area contributed by atoms with Crippen LogP contribution in [0.4, 0.5) is 0 Å². The van der Waals surface area contributed by atoms with Crippen molar-refractivity contribution in [2.24, 2.45) is 0 Å². The maximum absolute atomic E-state index is 8.52. The van der Waals surface area contributed by atoms with Gasteiger partial charge >= 0.3 is 117 Å². The van der Waals surface area contributed by atoms with Gasteiger partial charge in [0.25, 0.3) is 0 Å². The number of hydrogen-bond acceptors (Lipinski definition) is 4. The van der Waals surface area contributed by atoms with Gasteiger partial charge in [-0.1, -0.05) is 0 Å². The first-order valence-electron chi connectivity index (χ1n) is 0.667. The zero-order valence-electron chi connectivity index (χ0n) is 3.76. The van der Waals surface area contributed by atoms with Gasteiger partial charge in [-0.15, -0.1) is 0 Å². The summed E-state index contributed by atoms with van der Waals surface area (Å²) in [7, 11) is -5.17. The fraction of sp³-hybridized carbons (Fsp3) is 0. The molecule has 0 radical (unpaired) electrons. The predicted molar refractivity (Wildman–Crippen MR) is 22.0 cm³/mol. The molecule has 0 spiro atoms. The van der Waals surface area contributed by atoms with Gasteiger partial charge in [-0.05, 0) is 0 Å². The molecule has 0 heterocycles. The quantitative estimate of drug-likeness (QED) is 0.251. The second-order valence-electron chi connectivity index (χ2n) is 0.408. The van der Waals surface area contributed by atoms with Crippen LogP contribution in [0.15, 0.2) is 0 Å². The molecule has 42 valence electrons. The summed E-state index contributed by atoms with van der Waals surface area (Å²) in [5.74, 6) is 0. The molecule has 0 aliphatic heterocycles. The smallest absolute Gasteiger partial charge is 0.759 e. The minimum Gasteiger partial charge on any atom is -0.759 e. The van der Waals surface area contributed by atoms with Crippen molar-refractivity contribution in [1.82, 2.24) is 0 Å². The van der Waals surface area contributed by atoms with Crippen LogP contribution in [0.1, 0.15) is 0 Å². The molecule has 0 N–H and O–H groups in total. The molecule has 0 amide bonds. The number of hydrogen-bond donors (Lipinski definition) is 0. The molecule has 0 aromatic carbocycles. The van der Waals surface area contributed by atoms with Crippen LogP contribution in [0.3, 0.4) is 0 Å². The van der Waals surface area contributed by atoms with E-state index in [9.17, 15) is 0 Å². The Labute approximate surface area is 141 Å². The van der Waals surface area contributed by atoms with Gasteiger partial charge in [0.15, 0.2) is 0 Å². The van der Waals surface area contributed by atoms with Gasteiger partial charge in [-0.2, -0.15) is 0 Å². The summed E-state index contributed by atoms with van der Waals surface area (Å²) < 4.78 is 34.1. The van der Waals surface area contributed by atoms with Crippen molar-refractivity contribution in [2.45, 2.75) is 0 Å². The van der Waals surface area contributed by atoms with Crippen LogP contribution in [-0.4, -0.2) is 112 Å². The van der Waals surface area contributed by atoms with E-state index in [-0.39, 0.29) is 117 Å². The van der Waals surface area contributed by atoms with Crippen LogP contribution < -0.4 is 0 Å². The van der Waals surface area contributed by atoms with Gasteiger partial charge in [0.05, 0.1) is 0 Å². The molecule has 0 aromatic heterocycles. The van der Waals surface area contributed by atoms with E-state index in [2.05, 4.69) is 0 Å². The molecule has 0 aliphatic rings. The summed E-state index contributed by atoms with van der Waals surface area (Å²) >= 11 is 0. The first-order valence-corrected chi connectivity index (χ1v) is 2.00. The molecule has 0 atom stereocenters. The van der Waals surface area contributed by atoms with E-state index in [0.29, 0.717) is 0 Å². The van der Waals surface area contributed by atoms with E-state index >= 15 is 0 Å². The standard InChI is InChI=1S/Ag.Ba.H2O4S.Sr/c;;1-5(2,3)4;/h;;(H2,1,2,3,4);/q+1;+2;;+2/p-2. The van der Waals surface area contributed by atoms with Crippen LogP contribution in [-0.2, 0) is 32.8 Å². The van der Waals surface area contributed by atoms with E-state index in [0.717, 1.165) is 0 Å². The second-order valence-corrected chi connectivity index (χ2v) is 1.22. The van der Waals surface area contributed by atoms with Crippen LogP contribution in [0.25, 0.3) is 0 Å². The van der Waals surface area contributed by atoms with Crippen LogP contribution in [0, 0.1) is 0 Å². The zero-order valence-corrected chi connectivity index (χ0v) is 14.0. The summed E-state index contributed by atoms with van der Waals surface area (Å²) in [6.07, 6.45) is 0. The summed E-state index contributed by atoms with van der Waals surface area (Å²) in [5, 5.41) is 0. The van der Waals surface area contributed by atoms with E-state index in [4.69, 9.17) is 17.5 Å². The monoisotopic (exact) mass is 429 g/mol. The van der Waals surface area contributed by atoms with E-state index in [1.54, 1.807) is 0 Å². The molecule has 4 nitrogen and oxygen atoms in total. The van der Waals surface area contributed by atoms with Crippen LogP contribution in [0.2, 0.25) is 0 Å². The van der Waals surface area contributed by atoms with Crippen molar-refractivity contribution in [3.05, 3.63) is 0 Å². The Hall–Kier alpha value is 3.66. The molecular formula is AgBaO4SSr+3. The average molecular weight is 429 g/mol. The number of rotatable bonds is 0. The molecule has 0 unspecified atom stereocenters. The predicted octanol–water partition coefficient (Wildman–Crippen LogP) is -2.10. The Morgan fingerprint density at radius 3 is 1.12 bits per heavy atom. The Balaban J connectivity index is -0.0000000267. The first-order chi connectivity index (χ1) is 2.00. The van der Waals surface area contributed by atoms with Crippen molar-refractivity contribution in [3.8, 4) is 0 Å². The Morgan fingerprint density at radius 2 is 1.12 bits per heavy atom. The van der Waals surface area contributed by atoms with Crippen molar-refractivity contribution in [1.29, 1.82) is 0 Å². The fourth-order valence-electron chi connectivity index (χ4n) is 0. The molecule has 0 fully saturated rings. The summed E-state index contributed by atoms with van der Waals surface area (Å²) in [6.45, 7) is 0. The van der Waals surface area contributed by atoms with E-state index in [1.807, 2.05) is 0 Å². The molecular weight excluding hydrogens is 429 g/mol. The van der Waals surface area contributed by atoms with Gasteiger partial charge in [0.2, 0.25) is 0 Å². The van der Waals surface area contributed by atoms with Gasteiger partial charge in [0.1, 0.15) is 0 Å². The van der Waals surface area contributed by atoms with Gasteiger partial charge in [-0.3, -0.25) is 8.42 Å². The Bertz CT molecular complexity index is 99.2. The Kier molecular flexibility index (Phi) is 30.1. The van der Waals surface area contributed by atoms with Gasteiger partial charge < -0.3 is 9.11 Å². The van der Waals surface area contributed by atoms with Crippen molar-refractivity contribution >= 4 is 105 Å². The molecule has 0 rings (SSSR count). The van der Waals surface area contributed by atoms with Crippen LogP contribution >= 0.6 is 0 Å². The van der Waals surface area contributed by atoms with Gasteiger partial charge in [0, 0.05) is 10.4 Å². The first kappa shape index (κ1) is 22.6. The Morgan fingerprint density at radius 1 is 1.12 bits per heavy atom. The molecule has 8 heavy (non-hydrogen) atoms. The third kappa shape index (κ3) is 54.1. The molecule has 0 aromatic rings. The third-order valence-electron chi connectivity index (χ3n) is 0. The van der Waals surface area contributed by atoms with E-state index in [1.165, 1.54) is 0 Å². The molecule has 0 bridgehead atoms.